The lowest BCUT2D eigenvalue weighted by molar-refractivity contribution is -0.143. The van der Waals surface area contributed by atoms with Crippen LogP contribution in [0.1, 0.15) is 17.5 Å². The van der Waals surface area contributed by atoms with Gasteiger partial charge in [-0.15, -0.1) is 0 Å². The second-order valence-corrected chi connectivity index (χ2v) is 5.96. The number of rotatable bonds is 6. The number of hydrogen-bond donors (Lipinski definition) is 1. The van der Waals surface area contributed by atoms with Crippen LogP contribution in [0.25, 0.3) is 6.08 Å². The number of nitrogens with one attached hydrogen (secondary N) is 1. The third kappa shape index (κ3) is 5.88. The predicted octanol–water partition coefficient (Wildman–Crippen LogP) is 2.72. The van der Waals surface area contributed by atoms with E-state index in [4.69, 9.17) is 14.2 Å². The molecule has 0 radical (unpaired) electrons. The number of carbonyl (C=O) groups excluding carboxylic acids is 2. The van der Waals surface area contributed by atoms with Crippen LogP contribution in [0, 0.1) is 0 Å². The average Bonchev–Trinajstić information content (AvgIpc) is 2.95. The summed E-state index contributed by atoms with van der Waals surface area (Å²) >= 11 is 0. The van der Waals surface area contributed by atoms with E-state index in [1.54, 1.807) is 12.1 Å². The molecule has 1 N–H and O–H groups in total. The highest BCUT2D eigenvalue weighted by Crippen LogP contribution is 2.30. The third-order valence-corrected chi connectivity index (χ3v) is 3.86. The molecular weight excluding hydrogens is 346 g/mol. The maximum Gasteiger partial charge on any atom is 0.331 e. The highest BCUT2D eigenvalue weighted by Gasteiger charge is 2.10. The summed E-state index contributed by atoms with van der Waals surface area (Å²) in [6.07, 6.45) is 3.72. The molecule has 0 fully saturated rings. The Hall–Kier alpha value is -3.28. The lowest BCUT2D eigenvalue weighted by Gasteiger charge is -2.07. The van der Waals surface area contributed by atoms with Gasteiger partial charge in [-0.3, -0.25) is 4.79 Å². The molecule has 1 aliphatic rings. The molecule has 6 heteroatoms. The van der Waals surface area contributed by atoms with Gasteiger partial charge in [-0.25, -0.2) is 4.79 Å². The lowest BCUT2D eigenvalue weighted by atomic mass is 10.2. The number of ether oxygens (including phenoxy) is 3. The van der Waals surface area contributed by atoms with Crippen molar-refractivity contribution >= 4 is 18.0 Å². The van der Waals surface area contributed by atoms with Gasteiger partial charge >= 0.3 is 5.97 Å². The summed E-state index contributed by atoms with van der Waals surface area (Å²) in [4.78, 5) is 23.5. The summed E-state index contributed by atoms with van der Waals surface area (Å²) in [6.45, 7) is 1.29. The molecular formula is C21H21NO5. The summed E-state index contributed by atoms with van der Waals surface area (Å²) in [5.74, 6) is 0.416. The van der Waals surface area contributed by atoms with Crippen molar-refractivity contribution in [1.82, 2.24) is 5.32 Å². The molecule has 140 valence electrons. The fraction of sp³-hybridized carbons (Fsp3) is 0.238. The van der Waals surface area contributed by atoms with E-state index >= 15 is 0 Å². The molecule has 6 nitrogen and oxygen atoms in total. The van der Waals surface area contributed by atoms with Crippen molar-refractivity contribution in [2.45, 2.75) is 13.0 Å². The van der Waals surface area contributed by atoms with E-state index in [2.05, 4.69) is 5.32 Å². The minimum absolute atomic E-state index is 0.322. The zero-order chi connectivity index (χ0) is 18.9. The van der Waals surface area contributed by atoms with E-state index in [-0.39, 0.29) is 12.5 Å². The molecule has 1 aliphatic heterocycles. The Morgan fingerprint density at radius 2 is 1.81 bits per heavy atom. The normalized spacial score (nSPS) is 13.0. The van der Waals surface area contributed by atoms with E-state index < -0.39 is 5.97 Å². The first kappa shape index (κ1) is 18.5. The Morgan fingerprint density at radius 1 is 1.04 bits per heavy atom. The quantitative estimate of drug-likeness (QED) is 0.628. The van der Waals surface area contributed by atoms with Gasteiger partial charge in [-0.2, -0.15) is 0 Å². The molecule has 0 unspecified atom stereocenters. The predicted molar refractivity (Wildman–Crippen MR) is 100 cm³/mol. The summed E-state index contributed by atoms with van der Waals surface area (Å²) in [5, 5.41) is 2.70. The van der Waals surface area contributed by atoms with Crippen molar-refractivity contribution in [2.75, 3.05) is 19.8 Å². The SMILES string of the molecule is O=C(COC(=O)/C=C/c1ccc2c(c1)OCCCO2)NCc1ccccc1. The van der Waals surface area contributed by atoms with Crippen molar-refractivity contribution < 1.29 is 23.8 Å². The number of hydrogen-bond acceptors (Lipinski definition) is 5. The third-order valence-electron chi connectivity index (χ3n) is 3.86. The molecule has 3 rings (SSSR count). The van der Waals surface area contributed by atoms with Gasteiger partial charge in [0.1, 0.15) is 0 Å². The molecule has 2 aromatic carbocycles. The standard InChI is InChI=1S/C21H21NO5/c23-20(22-14-17-5-2-1-3-6-17)15-27-21(24)10-8-16-7-9-18-19(13-16)26-12-4-11-25-18/h1-3,5-10,13H,4,11-12,14-15H2,(H,22,23)/b10-8+. The molecule has 0 saturated heterocycles. The summed E-state index contributed by atoms with van der Waals surface area (Å²) in [6, 6.07) is 14.9. The van der Waals surface area contributed by atoms with Crippen LogP contribution in [0.4, 0.5) is 0 Å². The Balaban J connectivity index is 1.44. The van der Waals surface area contributed by atoms with E-state index in [9.17, 15) is 9.59 Å². The van der Waals surface area contributed by atoms with E-state index in [1.165, 1.54) is 6.08 Å². The summed E-state index contributed by atoms with van der Waals surface area (Å²) < 4.78 is 16.1. The van der Waals surface area contributed by atoms with Gasteiger partial charge in [0.05, 0.1) is 13.2 Å². The zero-order valence-corrected chi connectivity index (χ0v) is 14.9. The van der Waals surface area contributed by atoms with Crippen molar-refractivity contribution in [3.8, 4) is 11.5 Å². The molecule has 0 bridgehead atoms. The molecule has 1 amide bonds. The Kier molecular flexibility index (Phi) is 6.46. The fourth-order valence-corrected chi connectivity index (χ4v) is 2.48. The van der Waals surface area contributed by atoms with Gasteiger partial charge in [0.2, 0.25) is 0 Å². The number of fused-ring (bicyclic) bond motifs is 1. The molecule has 0 aromatic heterocycles. The van der Waals surface area contributed by atoms with Gasteiger partial charge in [0, 0.05) is 19.0 Å². The zero-order valence-electron chi connectivity index (χ0n) is 14.9. The first-order valence-corrected chi connectivity index (χ1v) is 8.76. The van der Waals surface area contributed by atoms with Crippen LogP contribution in [0.5, 0.6) is 11.5 Å². The van der Waals surface area contributed by atoms with Gasteiger partial charge in [0.25, 0.3) is 5.91 Å². The highest BCUT2D eigenvalue weighted by molar-refractivity contribution is 5.89. The topological polar surface area (TPSA) is 73.9 Å². The molecule has 0 atom stereocenters. The lowest BCUT2D eigenvalue weighted by Crippen LogP contribution is -2.28. The van der Waals surface area contributed by atoms with Crippen LogP contribution >= 0.6 is 0 Å². The van der Waals surface area contributed by atoms with Crippen LogP contribution in [0.15, 0.2) is 54.6 Å². The highest BCUT2D eigenvalue weighted by atomic mass is 16.5. The van der Waals surface area contributed by atoms with Crippen LogP contribution in [0.2, 0.25) is 0 Å². The van der Waals surface area contributed by atoms with Crippen molar-refractivity contribution in [1.29, 1.82) is 0 Å². The molecule has 2 aromatic rings. The van der Waals surface area contributed by atoms with Crippen LogP contribution < -0.4 is 14.8 Å². The van der Waals surface area contributed by atoms with Crippen LogP contribution in [-0.2, 0) is 20.9 Å². The van der Waals surface area contributed by atoms with Gasteiger partial charge in [-0.1, -0.05) is 36.4 Å². The second-order valence-electron chi connectivity index (χ2n) is 5.96. The van der Waals surface area contributed by atoms with Gasteiger partial charge in [-0.05, 0) is 29.3 Å². The van der Waals surface area contributed by atoms with E-state index in [0.29, 0.717) is 31.3 Å². The Morgan fingerprint density at radius 3 is 2.63 bits per heavy atom. The number of carbonyl (C=O) groups is 2. The Labute approximate surface area is 157 Å². The maximum atomic E-state index is 11.8. The minimum atomic E-state index is -0.586. The first-order valence-electron chi connectivity index (χ1n) is 8.76. The smallest absolute Gasteiger partial charge is 0.331 e. The summed E-state index contributed by atoms with van der Waals surface area (Å²) in [7, 11) is 0. The monoisotopic (exact) mass is 367 g/mol. The number of amides is 1. The summed E-state index contributed by atoms with van der Waals surface area (Å²) in [5.41, 5.74) is 1.76. The first-order chi connectivity index (χ1) is 13.2. The van der Waals surface area contributed by atoms with E-state index in [1.807, 2.05) is 42.5 Å². The van der Waals surface area contributed by atoms with Crippen molar-refractivity contribution in [2.24, 2.45) is 0 Å². The molecule has 0 spiro atoms. The maximum absolute atomic E-state index is 11.8. The molecule has 0 saturated carbocycles. The minimum Gasteiger partial charge on any atom is -0.490 e. The average molecular weight is 367 g/mol. The molecule has 27 heavy (non-hydrogen) atoms. The van der Waals surface area contributed by atoms with Crippen molar-refractivity contribution in [3.05, 3.63) is 65.7 Å². The van der Waals surface area contributed by atoms with Gasteiger partial charge in [0.15, 0.2) is 18.1 Å². The number of esters is 1. The van der Waals surface area contributed by atoms with Crippen LogP contribution in [-0.4, -0.2) is 31.7 Å². The molecule has 1 heterocycles. The van der Waals surface area contributed by atoms with E-state index in [0.717, 1.165) is 17.5 Å². The Bertz CT molecular complexity index is 817. The second kappa shape index (κ2) is 9.43. The largest absolute Gasteiger partial charge is 0.490 e. The van der Waals surface area contributed by atoms with Gasteiger partial charge < -0.3 is 19.5 Å². The fourth-order valence-electron chi connectivity index (χ4n) is 2.48. The van der Waals surface area contributed by atoms with Crippen LogP contribution in [0.3, 0.4) is 0 Å². The number of benzene rings is 2. The molecule has 0 aliphatic carbocycles. The van der Waals surface area contributed by atoms with Crippen molar-refractivity contribution in [3.63, 3.8) is 0 Å².